The molecule has 5 heteroatoms. The van der Waals surface area contributed by atoms with Gasteiger partial charge in [0.25, 0.3) is 0 Å². The van der Waals surface area contributed by atoms with Gasteiger partial charge in [0.15, 0.2) is 0 Å². The van der Waals surface area contributed by atoms with Gasteiger partial charge in [-0.1, -0.05) is 41.0 Å². The number of rotatable bonds is 11. The standard InChI is InChI=1S/C26H38N2O2S/c1-20(2)8-5-9-21(3)10-6-11-22(4)14-19-31-25-23(26(29)30)12-7-13-24(25)28-17-15-27-16-18-28/h7-8,10,12-14,27H,5-6,9,11,15-19H2,1-4H3,(H,29,30). The van der Waals surface area contributed by atoms with Crippen LogP contribution in [0.1, 0.15) is 63.7 Å². The molecule has 1 aliphatic heterocycles. The largest absolute Gasteiger partial charge is 0.478 e. The van der Waals surface area contributed by atoms with Gasteiger partial charge in [-0.05, 0) is 65.5 Å². The van der Waals surface area contributed by atoms with Gasteiger partial charge in [-0.25, -0.2) is 4.79 Å². The molecule has 0 aromatic heterocycles. The van der Waals surface area contributed by atoms with Gasteiger partial charge in [0.2, 0.25) is 0 Å². The third-order valence-electron chi connectivity index (χ3n) is 5.46. The lowest BCUT2D eigenvalue weighted by atomic mass is 10.1. The van der Waals surface area contributed by atoms with Crippen molar-refractivity contribution in [2.45, 2.75) is 58.3 Å². The lowest BCUT2D eigenvalue weighted by molar-refractivity contribution is 0.0693. The zero-order valence-electron chi connectivity index (χ0n) is 19.5. The molecule has 0 saturated carbocycles. The molecule has 4 nitrogen and oxygen atoms in total. The van der Waals surface area contributed by atoms with Gasteiger partial charge in [0.05, 0.1) is 11.3 Å². The quantitative estimate of drug-likeness (QED) is 0.311. The maximum atomic E-state index is 11.8. The van der Waals surface area contributed by atoms with Gasteiger partial charge in [0, 0.05) is 36.8 Å². The molecule has 2 rings (SSSR count). The Morgan fingerprint density at radius 2 is 1.68 bits per heavy atom. The summed E-state index contributed by atoms with van der Waals surface area (Å²) in [5.41, 5.74) is 5.65. The van der Waals surface area contributed by atoms with Gasteiger partial charge in [-0.3, -0.25) is 0 Å². The average molecular weight is 443 g/mol. The number of nitrogens with zero attached hydrogens (tertiary/aromatic N) is 1. The second kappa shape index (κ2) is 13.4. The van der Waals surface area contributed by atoms with E-state index >= 15 is 0 Å². The van der Waals surface area contributed by atoms with Crippen LogP contribution in [0.5, 0.6) is 0 Å². The van der Waals surface area contributed by atoms with E-state index in [0.29, 0.717) is 5.56 Å². The fourth-order valence-electron chi connectivity index (χ4n) is 3.61. The molecule has 0 radical (unpaired) electrons. The van der Waals surface area contributed by atoms with Crippen molar-refractivity contribution in [1.29, 1.82) is 0 Å². The SMILES string of the molecule is CC(C)=CCCC(C)=CCCC(C)=CCSc1c(C(=O)O)cccc1N1CCNCC1. The Morgan fingerprint density at radius 3 is 2.32 bits per heavy atom. The zero-order chi connectivity index (χ0) is 22.6. The number of carboxylic acids is 1. The number of thioether (sulfide) groups is 1. The number of carbonyl (C=O) groups is 1. The summed E-state index contributed by atoms with van der Waals surface area (Å²) in [6.45, 7) is 12.4. The number of hydrogen-bond donors (Lipinski definition) is 2. The van der Waals surface area contributed by atoms with Crippen molar-refractivity contribution in [1.82, 2.24) is 5.32 Å². The van der Waals surface area contributed by atoms with Crippen LogP contribution in [0.3, 0.4) is 0 Å². The van der Waals surface area contributed by atoms with Crippen molar-refractivity contribution < 1.29 is 9.90 Å². The second-order valence-corrected chi connectivity index (χ2v) is 9.50. The Labute approximate surface area is 192 Å². The topological polar surface area (TPSA) is 52.6 Å². The number of nitrogens with one attached hydrogen (secondary N) is 1. The lowest BCUT2D eigenvalue weighted by Crippen LogP contribution is -2.43. The van der Waals surface area contributed by atoms with Crippen LogP contribution in [0.15, 0.2) is 58.0 Å². The number of anilines is 1. The molecule has 1 aromatic carbocycles. The van der Waals surface area contributed by atoms with Crippen LogP contribution in [-0.4, -0.2) is 43.0 Å². The molecule has 0 atom stereocenters. The minimum atomic E-state index is -0.853. The average Bonchev–Trinajstić information content (AvgIpc) is 2.74. The summed E-state index contributed by atoms with van der Waals surface area (Å²) >= 11 is 1.64. The van der Waals surface area contributed by atoms with E-state index in [2.05, 4.69) is 62.2 Å². The molecule has 1 fully saturated rings. The first-order chi connectivity index (χ1) is 14.9. The van der Waals surface area contributed by atoms with E-state index in [-0.39, 0.29) is 0 Å². The summed E-state index contributed by atoms with van der Waals surface area (Å²) in [7, 11) is 0. The third kappa shape index (κ3) is 8.96. The number of allylic oxidation sites excluding steroid dienone is 5. The van der Waals surface area contributed by atoms with Gasteiger partial charge < -0.3 is 15.3 Å². The molecule has 1 aromatic rings. The Kier molecular flexibility index (Phi) is 11.0. The Hall–Kier alpha value is -1.98. The van der Waals surface area contributed by atoms with Crippen LogP contribution >= 0.6 is 11.8 Å². The van der Waals surface area contributed by atoms with Gasteiger partial charge in [-0.15, -0.1) is 11.8 Å². The maximum Gasteiger partial charge on any atom is 0.336 e. The summed E-state index contributed by atoms with van der Waals surface area (Å²) in [5.74, 6) is -0.0627. The summed E-state index contributed by atoms with van der Waals surface area (Å²) in [6.07, 6.45) is 11.3. The first kappa shape index (κ1) is 25.3. The van der Waals surface area contributed by atoms with Gasteiger partial charge in [0.1, 0.15) is 0 Å². The van der Waals surface area contributed by atoms with Crippen LogP contribution in [0, 0.1) is 0 Å². The molecule has 170 valence electrons. The number of aromatic carboxylic acids is 1. The molecule has 0 amide bonds. The van der Waals surface area contributed by atoms with E-state index in [4.69, 9.17) is 0 Å². The minimum absolute atomic E-state index is 0.405. The number of benzene rings is 1. The maximum absolute atomic E-state index is 11.8. The van der Waals surface area contributed by atoms with Crippen molar-refractivity contribution in [3.8, 4) is 0 Å². The lowest BCUT2D eigenvalue weighted by Gasteiger charge is -2.31. The predicted molar refractivity (Wildman–Crippen MR) is 135 cm³/mol. The molecule has 1 heterocycles. The minimum Gasteiger partial charge on any atom is -0.478 e. The normalized spacial score (nSPS) is 15.2. The zero-order valence-corrected chi connectivity index (χ0v) is 20.4. The summed E-state index contributed by atoms with van der Waals surface area (Å²) in [5, 5.41) is 13.0. The molecule has 0 spiro atoms. The van der Waals surface area contributed by atoms with E-state index in [1.54, 1.807) is 17.8 Å². The molecule has 1 aliphatic rings. The monoisotopic (exact) mass is 442 g/mol. The van der Waals surface area contributed by atoms with Crippen molar-refractivity contribution >= 4 is 23.4 Å². The van der Waals surface area contributed by atoms with E-state index in [1.807, 2.05) is 6.07 Å². The molecule has 0 aliphatic carbocycles. The smallest absolute Gasteiger partial charge is 0.336 e. The predicted octanol–water partition coefficient (Wildman–Crippen LogP) is 6.31. The molecule has 0 bridgehead atoms. The van der Waals surface area contributed by atoms with E-state index < -0.39 is 5.97 Å². The van der Waals surface area contributed by atoms with Crippen molar-refractivity contribution in [3.63, 3.8) is 0 Å². The summed E-state index contributed by atoms with van der Waals surface area (Å²) < 4.78 is 0. The highest BCUT2D eigenvalue weighted by atomic mass is 32.2. The Morgan fingerprint density at radius 1 is 1.03 bits per heavy atom. The van der Waals surface area contributed by atoms with Crippen LogP contribution in [0.4, 0.5) is 5.69 Å². The van der Waals surface area contributed by atoms with E-state index in [9.17, 15) is 9.90 Å². The highest BCUT2D eigenvalue weighted by molar-refractivity contribution is 7.99. The van der Waals surface area contributed by atoms with Crippen molar-refractivity contribution in [2.75, 3.05) is 36.8 Å². The van der Waals surface area contributed by atoms with Crippen molar-refractivity contribution in [2.24, 2.45) is 0 Å². The number of piperazine rings is 1. The fourth-order valence-corrected chi connectivity index (χ4v) is 4.80. The molecular weight excluding hydrogens is 404 g/mol. The number of hydrogen-bond acceptors (Lipinski definition) is 4. The molecule has 2 N–H and O–H groups in total. The third-order valence-corrected chi connectivity index (χ3v) is 6.52. The van der Waals surface area contributed by atoms with E-state index in [0.717, 1.165) is 68.2 Å². The van der Waals surface area contributed by atoms with Crippen LogP contribution < -0.4 is 10.2 Å². The highest BCUT2D eigenvalue weighted by Crippen LogP contribution is 2.34. The summed E-state index contributed by atoms with van der Waals surface area (Å²) in [4.78, 5) is 15.0. The van der Waals surface area contributed by atoms with E-state index in [1.165, 1.54) is 16.7 Å². The first-order valence-electron chi connectivity index (χ1n) is 11.3. The molecule has 31 heavy (non-hydrogen) atoms. The fraction of sp³-hybridized carbons (Fsp3) is 0.500. The van der Waals surface area contributed by atoms with Crippen LogP contribution in [-0.2, 0) is 0 Å². The summed E-state index contributed by atoms with van der Waals surface area (Å²) in [6, 6.07) is 5.63. The van der Waals surface area contributed by atoms with Crippen molar-refractivity contribution in [3.05, 3.63) is 58.7 Å². The highest BCUT2D eigenvalue weighted by Gasteiger charge is 2.19. The van der Waals surface area contributed by atoms with Gasteiger partial charge in [-0.2, -0.15) is 0 Å². The number of carboxylic acid groups (broad SMARTS) is 1. The van der Waals surface area contributed by atoms with Crippen LogP contribution in [0.25, 0.3) is 0 Å². The van der Waals surface area contributed by atoms with Crippen LogP contribution in [0.2, 0.25) is 0 Å². The molecule has 0 unspecified atom stereocenters. The Balaban J connectivity index is 1.94. The Bertz CT molecular complexity index is 817. The first-order valence-corrected chi connectivity index (χ1v) is 12.3. The van der Waals surface area contributed by atoms with Gasteiger partial charge >= 0.3 is 5.97 Å². The molecule has 1 saturated heterocycles. The second-order valence-electron chi connectivity index (χ2n) is 8.47. The molecular formula is C26H38N2O2S.